The molecule has 1 aromatic carbocycles. The number of carboxylic acid groups (broad SMARTS) is 1. The summed E-state index contributed by atoms with van der Waals surface area (Å²) in [6.45, 7) is 1.43. The Labute approximate surface area is 129 Å². The largest absolute Gasteiger partial charge is 1.00 e. The Morgan fingerprint density at radius 1 is 1.28 bits per heavy atom. The summed E-state index contributed by atoms with van der Waals surface area (Å²) >= 11 is 0. The van der Waals surface area contributed by atoms with Crippen LogP contribution in [0, 0.1) is 5.92 Å². The Balaban J connectivity index is 0.00000289. The van der Waals surface area contributed by atoms with E-state index in [4.69, 9.17) is 5.11 Å². The minimum absolute atomic E-state index is 0. The summed E-state index contributed by atoms with van der Waals surface area (Å²) in [7, 11) is 0. The van der Waals surface area contributed by atoms with Crippen molar-refractivity contribution in [2.75, 3.05) is 0 Å². The molecular formula is C13H17NaO4. The fraction of sp³-hybridized carbons (Fsp3) is 0.462. The number of hydrogen-bond donors (Lipinski definition) is 2. The van der Waals surface area contributed by atoms with E-state index < -0.39 is 24.1 Å². The van der Waals surface area contributed by atoms with Crippen molar-refractivity contribution in [2.24, 2.45) is 5.92 Å². The maximum absolute atomic E-state index is 11.0. The molecule has 0 heterocycles. The molecule has 4 nitrogen and oxygen atoms in total. The van der Waals surface area contributed by atoms with Crippen molar-refractivity contribution in [3.05, 3.63) is 35.9 Å². The molecule has 0 unspecified atom stereocenters. The van der Waals surface area contributed by atoms with Crippen LogP contribution in [0.5, 0.6) is 0 Å². The van der Waals surface area contributed by atoms with Crippen LogP contribution in [0.1, 0.15) is 18.9 Å². The third kappa shape index (κ3) is 5.98. The summed E-state index contributed by atoms with van der Waals surface area (Å²) in [5.74, 6) is -1.99. The summed E-state index contributed by atoms with van der Waals surface area (Å²) in [5.41, 5.74) is 0.875. The predicted octanol–water partition coefficient (Wildman–Crippen LogP) is -3.27. The molecule has 0 saturated carbocycles. The van der Waals surface area contributed by atoms with Crippen molar-refractivity contribution in [1.29, 1.82) is 0 Å². The molecule has 0 aliphatic carbocycles. The summed E-state index contributed by atoms with van der Waals surface area (Å²) in [4.78, 5) is 11.0. The minimum atomic E-state index is -1.20. The monoisotopic (exact) mass is 260 g/mol. The van der Waals surface area contributed by atoms with Crippen molar-refractivity contribution < 1.29 is 49.7 Å². The molecule has 94 valence electrons. The topological polar surface area (TPSA) is 80.6 Å². The molecular weight excluding hydrogens is 243 g/mol. The Morgan fingerprint density at radius 2 is 1.83 bits per heavy atom. The van der Waals surface area contributed by atoms with Crippen LogP contribution in [-0.4, -0.2) is 28.4 Å². The number of carboxylic acids is 1. The average Bonchev–Trinajstić information content (AvgIpc) is 2.29. The molecule has 1 rings (SSSR count). The molecule has 0 aliphatic heterocycles. The van der Waals surface area contributed by atoms with Gasteiger partial charge in [-0.3, -0.25) is 0 Å². The maximum atomic E-state index is 11.0. The van der Waals surface area contributed by atoms with Crippen molar-refractivity contribution in [3.8, 4) is 0 Å². The van der Waals surface area contributed by atoms with Gasteiger partial charge in [0.1, 0.15) is 0 Å². The first kappa shape index (κ1) is 17.6. The van der Waals surface area contributed by atoms with Gasteiger partial charge in [-0.05, 0) is 25.3 Å². The normalized spacial score (nSPS) is 15.3. The molecule has 3 atom stereocenters. The zero-order chi connectivity index (χ0) is 12.8. The number of aliphatic carboxylic acids is 1. The van der Waals surface area contributed by atoms with E-state index >= 15 is 0 Å². The fourth-order valence-corrected chi connectivity index (χ4v) is 1.65. The molecule has 0 aromatic heterocycles. The summed E-state index contributed by atoms with van der Waals surface area (Å²) < 4.78 is 0. The van der Waals surface area contributed by atoms with Crippen molar-refractivity contribution >= 4 is 5.97 Å². The summed E-state index contributed by atoms with van der Waals surface area (Å²) in [5, 5.41) is 29.6. The Morgan fingerprint density at radius 3 is 2.28 bits per heavy atom. The van der Waals surface area contributed by atoms with Crippen LogP contribution in [0.3, 0.4) is 0 Å². The molecule has 5 heteroatoms. The second-order valence-electron chi connectivity index (χ2n) is 4.25. The van der Waals surface area contributed by atoms with Gasteiger partial charge in [0.05, 0.1) is 12.2 Å². The van der Waals surface area contributed by atoms with E-state index in [1.807, 2.05) is 30.3 Å². The number of hydrogen-bond acceptors (Lipinski definition) is 4. The second kappa shape index (κ2) is 8.67. The van der Waals surface area contributed by atoms with Gasteiger partial charge >= 0.3 is 29.6 Å². The number of aliphatic hydroxyl groups is 2. The Bertz CT molecular complexity index is 353. The minimum Gasteiger partial charge on any atom is -0.550 e. The van der Waals surface area contributed by atoms with E-state index in [0.29, 0.717) is 6.42 Å². The van der Waals surface area contributed by atoms with E-state index in [2.05, 4.69) is 0 Å². The van der Waals surface area contributed by atoms with Crippen molar-refractivity contribution in [1.82, 2.24) is 0 Å². The summed E-state index contributed by atoms with van der Waals surface area (Å²) in [6, 6.07) is 9.15. The van der Waals surface area contributed by atoms with Crippen LogP contribution in [0.2, 0.25) is 0 Å². The number of carbonyl (C=O) groups is 1. The average molecular weight is 260 g/mol. The molecule has 0 bridgehead atoms. The molecule has 0 amide bonds. The van der Waals surface area contributed by atoms with Crippen molar-refractivity contribution in [2.45, 2.75) is 32.0 Å². The molecule has 1 aromatic rings. The van der Waals surface area contributed by atoms with Gasteiger partial charge in [-0.25, -0.2) is 0 Å². The zero-order valence-electron chi connectivity index (χ0n) is 10.7. The smallest absolute Gasteiger partial charge is 0.550 e. The number of aliphatic hydroxyl groups excluding tert-OH is 2. The molecule has 0 fully saturated rings. The maximum Gasteiger partial charge on any atom is 1.00 e. The molecule has 0 radical (unpaired) electrons. The van der Waals surface area contributed by atoms with Crippen LogP contribution in [0.25, 0.3) is 0 Å². The van der Waals surface area contributed by atoms with Crippen LogP contribution in [0.15, 0.2) is 30.3 Å². The van der Waals surface area contributed by atoms with E-state index in [1.54, 1.807) is 0 Å². The van der Waals surface area contributed by atoms with Gasteiger partial charge in [0.25, 0.3) is 0 Å². The molecule has 2 N–H and O–H groups in total. The standard InChI is InChI=1S/C13H18O4.Na/c1-9(14)12(15)8-11(13(16)17)7-10-5-3-2-4-6-10;/h2-6,9,11-12,14-15H,7-8H2,1H3,(H,16,17);/q;+1/p-1/t9-,11-,12-;/m0./s1. The van der Waals surface area contributed by atoms with Gasteiger partial charge in [0, 0.05) is 11.9 Å². The van der Waals surface area contributed by atoms with Crippen LogP contribution >= 0.6 is 0 Å². The Hall–Kier alpha value is -0.390. The molecule has 0 spiro atoms. The van der Waals surface area contributed by atoms with Crippen molar-refractivity contribution in [3.63, 3.8) is 0 Å². The third-order valence-electron chi connectivity index (χ3n) is 2.74. The molecule has 18 heavy (non-hydrogen) atoms. The van der Waals surface area contributed by atoms with E-state index in [0.717, 1.165) is 5.56 Å². The van der Waals surface area contributed by atoms with Gasteiger partial charge in [-0.2, -0.15) is 0 Å². The quantitative estimate of drug-likeness (QED) is 0.526. The van der Waals surface area contributed by atoms with E-state index in [1.165, 1.54) is 6.92 Å². The second-order valence-corrected chi connectivity index (χ2v) is 4.25. The first-order chi connectivity index (χ1) is 8.00. The van der Waals surface area contributed by atoms with Gasteiger partial charge in [-0.15, -0.1) is 0 Å². The van der Waals surface area contributed by atoms with Gasteiger partial charge < -0.3 is 20.1 Å². The number of rotatable bonds is 6. The van der Waals surface area contributed by atoms with Crippen LogP contribution in [0.4, 0.5) is 0 Å². The first-order valence-corrected chi connectivity index (χ1v) is 5.61. The fourth-order valence-electron chi connectivity index (χ4n) is 1.65. The predicted molar refractivity (Wildman–Crippen MR) is 60.9 cm³/mol. The van der Waals surface area contributed by atoms with Gasteiger partial charge in [0.15, 0.2) is 0 Å². The SMILES string of the molecule is C[C@H](O)[C@@H](O)C[C@H](Cc1ccccc1)C(=O)[O-].[Na+]. The van der Waals surface area contributed by atoms with E-state index in [-0.39, 0.29) is 36.0 Å². The molecule has 0 saturated heterocycles. The summed E-state index contributed by atoms with van der Waals surface area (Å²) in [6.07, 6.45) is -1.68. The number of carbonyl (C=O) groups excluding carboxylic acids is 1. The van der Waals surface area contributed by atoms with E-state index in [9.17, 15) is 15.0 Å². The Kier molecular flexibility index (Phi) is 8.48. The zero-order valence-corrected chi connectivity index (χ0v) is 12.7. The van der Waals surface area contributed by atoms with Crippen LogP contribution < -0.4 is 34.7 Å². The van der Waals surface area contributed by atoms with Crippen LogP contribution in [-0.2, 0) is 11.2 Å². The number of benzene rings is 1. The van der Waals surface area contributed by atoms with Gasteiger partial charge in [-0.1, -0.05) is 30.3 Å². The molecule has 0 aliphatic rings. The third-order valence-corrected chi connectivity index (χ3v) is 2.74. The van der Waals surface area contributed by atoms with Gasteiger partial charge in [0.2, 0.25) is 0 Å². The first-order valence-electron chi connectivity index (χ1n) is 5.61.